The summed E-state index contributed by atoms with van der Waals surface area (Å²) >= 11 is 3.43. The predicted octanol–water partition coefficient (Wildman–Crippen LogP) is 4.31. The van der Waals surface area contributed by atoms with E-state index in [9.17, 15) is 10.1 Å². The van der Waals surface area contributed by atoms with Crippen LogP contribution in [0.15, 0.2) is 59.1 Å². The van der Waals surface area contributed by atoms with Crippen LogP contribution in [0.4, 0.5) is 0 Å². The van der Waals surface area contributed by atoms with Gasteiger partial charge in [-0.2, -0.15) is 10.5 Å². The molecule has 0 bridgehead atoms. The molecule has 30 heavy (non-hydrogen) atoms. The van der Waals surface area contributed by atoms with Gasteiger partial charge in [0.1, 0.15) is 29.2 Å². The van der Waals surface area contributed by atoms with E-state index < -0.39 is 5.91 Å². The molecule has 0 atom stereocenters. The van der Waals surface area contributed by atoms with Gasteiger partial charge in [0.15, 0.2) is 6.61 Å². The molecule has 2 aromatic carbocycles. The SMILES string of the molecule is C=CCc1cc(/C=C(/C#N)C(=O)NCc2ccc(OC)cc2)cc(Br)c1OCC#N. The van der Waals surface area contributed by atoms with Gasteiger partial charge in [0.05, 0.1) is 11.6 Å². The summed E-state index contributed by atoms with van der Waals surface area (Å²) in [4.78, 5) is 12.5. The van der Waals surface area contributed by atoms with Gasteiger partial charge in [-0.05, 0) is 69.4 Å². The van der Waals surface area contributed by atoms with Crippen molar-refractivity contribution in [2.45, 2.75) is 13.0 Å². The lowest BCUT2D eigenvalue weighted by atomic mass is 10.0. The molecule has 0 fully saturated rings. The molecule has 0 unspecified atom stereocenters. The van der Waals surface area contributed by atoms with Crippen LogP contribution in [0.5, 0.6) is 11.5 Å². The Labute approximate surface area is 184 Å². The molecule has 6 nitrogen and oxygen atoms in total. The Balaban J connectivity index is 2.20. The van der Waals surface area contributed by atoms with Crippen molar-refractivity contribution in [3.05, 3.63) is 75.8 Å². The summed E-state index contributed by atoms with van der Waals surface area (Å²) in [5.41, 5.74) is 2.30. The molecule has 7 heteroatoms. The van der Waals surface area contributed by atoms with Gasteiger partial charge in [-0.3, -0.25) is 4.79 Å². The lowest BCUT2D eigenvalue weighted by molar-refractivity contribution is -0.117. The third-order valence-corrected chi connectivity index (χ3v) is 4.67. The average molecular weight is 466 g/mol. The van der Waals surface area contributed by atoms with E-state index in [1.807, 2.05) is 24.3 Å². The van der Waals surface area contributed by atoms with E-state index >= 15 is 0 Å². The number of carbonyl (C=O) groups excluding carboxylic acids is 1. The average Bonchev–Trinajstić information content (AvgIpc) is 2.75. The molecule has 0 saturated heterocycles. The van der Waals surface area contributed by atoms with Crippen molar-refractivity contribution in [2.24, 2.45) is 0 Å². The minimum atomic E-state index is -0.473. The first-order valence-electron chi connectivity index (χ1n) is 8.98. The summed E-state index contributed by atoms with van der Waals surface area (Å²) in [5, 5.41) is 21.0. The smallest absolute Gasteiger partial charge is 0.262 e. The molecule has 0 aliphatic rings. The highest BCUT2D eigenvalue weighted by atomic mass is 79.9. The van der Waals surface area contributed by atoms with Crippen LogP contribution in [0.2, 0.25) is 0 Å². The minimum absolute atomic E-state index is 0.0225. The molecular weight excluding hydrogens is 446 g/mol. The van der Waals surface area contributed by atoms with Crippen LogP contribution >= 0.6 is 15.9 Å². The minimum Gasteiger partial charge on any atom is -0.497 e. The molecule has 0 heterocycles. The topological polar surface area (TPSA) is 95.1 Å². The van der Waals surface area contributed by atoms with Crippen LogP contribution in [-0.2, 0) is 17.8 Å². The fraction of sp³-hybridized carbons (Fsp3) is 0.174. The van der Waals surface area contributed by atoms with Crippen LogP contribution in [0, 0.1) is 22.7 Å². The van der Waals surface area contributed by atoms with Gasteiger partial charge in [0, 0.05) is 6.54 Å². The first kappa shape index (κ1) is 22.7. The quantitative estimate of drug-likeness (QED) is 0.338. The fourth-order valence-corrected chi connectivity index (χ4v) is 3.30. The number of nitrogens with zero attached hydrogens (tertiary/aromatic N) is 2. The number of methoxy groups -OCH3 is 1. The zero-order chi connectivity index (χ0) is 21.9. The van der Waals surface area contributed by atoms with Crippen molar-refractivity contribution in [2.75, 3.05) is 13.7 Å². The third-order valence-electron chi connectivity index (χ3n) is 4.08. The van der Waals surface area contributed by atoms with Crippen molar-refractivity contribution in [1.29, 1.82) is 10.5 Å². The van der Waals surface area contributed by atoms with Gasteiger partial charge in [-0.15, -0.1) is 6.58 Å². The number of ether oxygens (including phenoxy) is 2. The maximum absolute atomic E-state index is 12.5. The molecule has 0 aliphatic heterocycles. The second kappa shape index (κ2) is 11.5. The monoisotopic (exact) mass is 465 g/mol. The van der Waals surface area contributed by atoms with E-state index in [0.29, 0.717) is 22.2 Å². The second-order valence-corrected chi connectivity index (χ2v) is 6.99. The lowest BCUT2D eigenvalue weighted by Crippen LogP contribution is -2.23. The maximum atomic E-state index is 12.5. The number of benzene rings is 2. The van der Waals surface area contributed by atoms with Crippen LogP contribution < -0.4 is 14.8 Å². The summed E-state index contributed by atoms with van der Waals surface area (Å²) in [6, 6.07) is 14.7. The molecule has 0 spiro atoms. The molecule has 0 aromatic heterocycles. The Morgan fingerprint density at radius 2 is 2.00 bits per heavy atom. The van der Waals surface area contributed by atoms with Crippen molar-refractivity contribution < 1.29 is 14.3 Å². The van der Waals surface area contributed by atoms with E-state index in [4.69, 9.17) is 14.7 Å². The van der Waals surface area contributed by atoms with Crippen molar-refractivity contribution >= 4 is 27.9 Å². The summed E-state index contributed by atoms with van der Waals surface area (Å²) in [7, 11) is 1.59. The molecule has 152 valence electrons. The Morgan fingerprint density at radius 3 is 2.60 bits per heavy atom. The normalized spacial score (nSPS) is 10.5. The highest BCUT2D eigenvalue weighted by Gasteiger charge is 2.13. The molecule has 2 rings (SSSR count). The van der Waals surface area contributed by atoms with Gasteiger partial charge in [0.2, 0.25) is 0 Å². The number of nitrogens with one attached hydrogen (secondary N) is 1. The Morgan fingerprint density at radius 1 is 1.27 bits per heavy atom. The first-order valence-corrected chi connectivity index (χ1v) is 9.77. The van der Waals surface area contributed by atoms with Gasteiger partial charge < -0.3 is 14.8 Å². The van der Waals surface area contributed by atoms with E-state index in [1.165, 1.54) is 6.08 Å². The zero-order valence-electron chi connectivity index (χ0n) is 16.4. The van der Waals surface area contributed by atoms with E-state index in [1.54, 1.807) is 37.5 Å². The van der Waals surface area contributed by atoms with Gasteiger partial charge in [-0.25, -0.2) is 0 Å². The van der Waals surface area contributed by atoms with Crippen LogP contribution in [0.25, 0.3) is 6.08 Å². The highest BCUT2D eigenvalue weighted by Crippen LogP contribution is 2.32. The van der Waals surface area contributed by atoms with E-state index in [2.05, 4.69) is 27.8 Å². The number of carbonyl (C=O) groups is 1. The predicted molar refractivity (Wildman–Crippen MR) is 118 cm³/mol. The maximum Gasteiger partial charge on any atom is 0.262 e. The molecular formula is C23H20BrN3O3. The Kier molecular flexibility index (Phi) is 8.68. The summed E-state index contributed by atoms with van der Waals surface area (Å²) in [6.45, 7) is 3.93. The second-order valence-electron chi connectivity index (χ2n) is 6.13. The van der Waals surface area contributed by atoms with E-state index in [0.717, 1.165) is 16.9 Å². The number of amides is 1. The third kappa shape index (κ3) is 6.23. The largest absolute Gasteiger partial charge is 0.497 e. The summed E-state index contributed by atoms with van der Waals surface area (Å²) in [6.07, 6.45) is 3.72. The molecule has 1 amide bonds. The molecule has 0 aliphatic carbocycles. The summed E-state index contributed by atoms with van der Waals surface area (Å²) < 4.78 is 11.2. The molecule has 0 radical (unpaired) electrons. The lowest BCUT2D eigenvalue weighted by Gasteiger charge is -2.12. The number of nitriles is 2. The standard InChI is InChI=1S/C23H20BrN3O3/c1-3-4-18-11-17(13-21(24)22(18)30-10-9-25)12-19(14-26)23(28)27-15-16-5-7-20(29-2)8-6-16/h3,5-8,11-13H,1,4,10,15H2,2H3,(H,27,28)/b19-12-. The fourth-order valence-electron chi connectivity index (χ4n) is 2.67. The van der Waals surface area contributed by atoms with Crippen molar-refractivity contribution in [3.8, 4) is 23.6 Å². The Hall–Kier alpha value is -3.55. The van der Waals surface area contributed by atoms with Crippen molar-refractivity contribution in [1.82, 2.24) is 5.32 Å². The number of rotatable bonds is 9. The highest BCUT2D eigenvalue weighted by molar-refractivity contribution is 9.10. The van der Waals surface area contributed by atoms with Gasteiger partial charge in [0.25, 0.3) is 5.91 Å². The zero-order valence-corrected chi connectivity index (χ0v) is 18.0. The van der Waals surface area contributed by atoms with Gasteiger partial charge >= 0.3 is 0 Å². The van der Waals surface area contributed by atoms with Crippen LogP contribution in [0.1, 0.15) is 16.7 Å². The molecule has 2 aromatic rings. The number of hydrogen-bond donors (Lipinski definition) is 1. The molecule has 0 saturated carbocycles. The number of allylic oxidation sites excluding steroid dienone is 1. The number of halogens is 1. The van der Waals surface area contributed by atoms with Crippen LogP contribution in [-0.4, -0.2) is 19.6 Å². The van der Waals surface area contributed by atoms with Gasteiger partial charge in [-0.1, -0.05) is 18.2 Å². The van der Waals surface area contributed by atoms with Crippen molar-refractivity contribution in [3.63, 3.8) is 0 Å². The van der Waals surface area contributed by atoms with E-state index in [-0.39, 0.29) is 18.7 Å². The first-order chi connectivity index (χ1) is 14.5. The molecule has 1 N–H and O–H groups in total. The number of hydrogen-bond acceptors (Lipinski definition) is 5. The Bertz CT molecular complexity index is 1030. The summed E-state index contributed by atoms with van der Waals surface area (Å²) in [5.74, 6) is 0.793. The van der Waals surface area contributed by atoms with Crippen LogP contribution in [0.3, 0.4) is 0 Å².